The van der Waals surface area contributed by atoms with Crippen molar-refractivity contribution in [3.63, 3.8) is 0 Å². The number of ether oxygens (including phenoxy) is 1. The molecule has 5 heteroatoms. The third-order valence-electron chi connectivity index (χ3n) is 3.02. The molecule has 0 bridgehead atoms. The van der Waals surface area contributed by atoms with E-state index in [1.165, 1.54) is 0 Å². The van der Waals surface area contributed by atoms with E-state index in [4.69, 9.17) is 16.3 Å². The first-order chi connectivity index (χ1) is 10.1. The van der Waals surface area contributed by atoms with E-state index >= 15 is 0 Å². The maximum atomic E-state index is 12.0. The SMILES string of the molecule is CC(C)C(NC(=O)COc1ccc(Cl)cc1)c1cccs1. The molecule has 2 aromatic rings. The summed E-state index contributed by atoms with van der Waals surface area (Å²) < 4.78 is 5.45. The number of rotatable bonds is 6. The van der Waals surface area contributed by atoms with Gasteiger partial charge >= 0.3 is 0 Å². The van der Waals surface area contributed by atoms with Gasteiger partial charge in [-0.3, -0.25) is 4.79 Å². The second kappa shape index (κ2) is 7.48. The molecule has 0 saturated heterocycles. The van der Waals surface area contributed by atoms with Gasteiger partial charge in [-0.1, -0.05) is 31.5 Å². The van der Waals surface area contributed by atoms with Crippen LogP contribution in [0.5, 0.6) is 5.75 Å². The first-order valence-corrected chi connectivity index (χ1v) is 8.03. The molecule has 1 amide bonds. The van der Waals surface area contributed by atoms with E-state index in [1.54, 1.807) is 35.6 Å². The summed E-state index contributed by atoms with van der Waals surface area (Å²) >= 11 is 7.45. The zero-order valence-corrected chi connectivity index (χ0v) is 13.6. The molecular formula is C16H18ClNO2S. The Bertz CT molecular complexity index is 566. The minimum Gasteiger partial charge on any atom is -0.484 e. The van der Waals surface area contributed by atoms with Gasteiger partial charge in [-0.2, -0.15) is 0 Å². The summed E-state index contributed by atoms with van der Waals surface area (Å²) in [4.78, 5) is 13.2. The monoisotopic (exact) mass is 323 g/mol. The van der Waals surface area contributed by atoms with Gasteiger partial charge in [0.2, 0.25) is 0 Å². The third-order valence-corrected chi connectivity index (χ3v) is 4.22. The Hall–Kier alpha value is -1.52. The molecule has 2 rings (SSSR count). The van der Waals surface area contributed by atoms with Crippen molar-refractivity contribution in [2.24, 2.45) is 5.92 Å². The minimum absolute atomic E-state index is 0.00374. The molecule has 0 radical (unpaired) electrons. The van der Waals surface area contributed by atoms with Gasteiger partial charge in [-0.05, 0) is 41.6 Å². The summed E-state index contributed by atoms with van der Waals surface area (Å²) in [5.74, 6) is 0.826. The summed E-state index contributed by atoms with van der Waals surface area (Å²) in [6.45, 7) is 4.17. The Morgan fingerprint density at radius 3 is 2.57 bits per heavy atom. The van der Waals surface area contributed by atoms with E-state index in [0.29, 0.717) is 16.7 Å². The highest BCUT2D eigenvalue weighted by Gasteiger charge is 2.19. The van der Waals surface area contributed by atoms with Gasteiger partial charge in [0, 0.05) is 9.90 Å². The number of hydrogen-bond acceptors (Lipinski definition) is 3. The van der Waals surface area contributed by atoms with Crippen LogP contribution in [-0.2, 0) is 4.79 Å². The molecule has 0 saturated carbocycles. The van der Waals surface area contributed by atoms with Gasteiger partial charge in [0.15, 0.2) is 6.61 Å². The van der Waals surface area contributed by atoms with Crippen LogP contribution in [0.1, 0.15) is 24.8 Å². The molecule has 0 aliphatic rings. The standard InChI is InChI=1S/C16H18ClNO2S/c1-11(2)16(14-4-3-9-21-14)18-15(19)10-20-13-7-5-12(17)6-8-13/h3-9,11,16H,10H2,1-2H3,(H,18,19). The molecule has 1 unspecified atom stereocenters. The number of carbonyl (C=O) groups is 1. The molecule has 0 spiro atoms. The first-order valence-electron chi connectivity index (χ1n) is 6.77. The normalized spacial score (nSPS) is 12.2. The van der Waals surface area contributed by atoms with Crippen molar-refractivity contribution in [3.8, 4) is 5.75 Å². The molecule has 1 atom stereocenters. The average molecular weight is 324 g/mol. The molecule has 3 nitrogen and oxygen atoms in total. The smallest absolute Gasteiger partial charge is 0.258 e. The van der Waals surface area contributed by atoms with Gasteiger partial charge in [0.1, 0.15) is 5.75 Å². The molecule has 21 heavy (non-hydrogen) atoms. The highest BCUT2D eigenvalue weighted by atomic mass is 35.5. The number of hydrogen-bond donors (Lipinski definition) is 1. The molecule has 112 valence electrons. The van der Waals surface area contributed by atoms with Crippen LogP contribution in [0.3, 0.4) is 0 Å². The summed E-state index contributed by atoms with van der Waals surface area (Å²) in [6.07, 6.45) is 0. The predicted octanol–water partition coefficient (Wildman–Crippen LogP) is 4.29. The van der Waals surface area contributed by atoms with Crippen molar-refractivity contribution < 1.29 is 9.53 Å². The Balaban J connectivity index is 1.89. The Labute approximate surface area is 133 Å². The van der Waals surface area contributed by atoms with E-state index in [1.807, 2.05) is 17.5 Å². The largest absolute Gasteiger partial charge is 0.484 e. The van der Waals surface area contributed by atoms with Gasteiger partial charge in [-0.25, -0.2) is 0 Å². The fourth-order valence-electron chi connectivity index (χ4n) is 1.93. The molecule has 1 N–H and O–H groups in total. The second-order valence-electron chi connectivity index (χ2n) is 5.05. The maximum absolute atomic E-state index is 12.0. The van der Waals surface area contributed by atoms with Crippen LogP contribution in [0.25, 0.3) is 0 Å². The number of nitrogens with one attached hydrogen (secondary N) is 1. The summed E-state index contributed by atoms with van der Waals surface area (Å²) in [6, 6.07) is 11.0. The van der Waals surface area contributed by atoms with Crippen molar-refractivity contribution >= 4 is 28.8 Å². The Morgan fingerprint density at radius 1 is 1.29 bits per heavy atom. The van der Waals surface area contributed by atoms with Crippen LogP contribution in [0, 0.1) is 5.92 Å². The van der Waals surface area contributed by atoms with Crippen LogP contribution in [0.4, 0.5) is 0 Å². The number of carbonyl (C=O) groups excluding carboxylic acids is 1. The molecule has 0 aliphatic heterocycles. The van der Waals surface area contributed by atoms with E-state index in [2.05, 4.69) is 19.2 Å². The average Bonchev–Trinajstić information content (AvgIpc) is 2.97. The topological polar surface area (TPSA) is 38.3 Å². The molecule has 1 heterocycles. The quantitative estimate of drug-likeness (QED) is 0.861. The first kappa shape index (κ1) is 15.9. The van der Waals surface area contributed by atoms with Crippen LogP contribution in [0.15, 0.2) is 41.8 Å². The number of thiophene rings is 1. The highest BCUT2D eigenvalue weighted by molar-refractivity contribution is 7.10. The molecule has 1 aromatic carbocycles. The van der Waals surface area contributed by atoms with Crippen molar-refractivity contribution in [2.45, 2.75) is 19.9 Å². The zero-order valence-electron chi connectivity index (χ0n) is 12.0. The third kappa shape index (κ3) is 4.76. The highest BCUT2D eigenvalue weighted by Crippen LogP contribution is 2.25. The van der Waals surface area contributed by atoms with Crippen LogP contribution in [-0.4, -0.2) is 12.5 Å². The number of benzene rings is 1. The van der Waals surface area contributed by atoms with Crippen molar-refractivity contribution in [1.29, 1.82) is 0 Å². The lowest BCUT2D eigenvalue weighted by Crippen LogP contribution is -2.34. The number of amides is 1. The van der Waals surface area contributed by atoms with E-state index in [0.717, 1.165) is 4.88 Å². The maximum Gasteiger partial charge on any atom is 0.258 e. The molecule has 0 aliphatic carbocycles. The fraction of sp³-hybridized carbons (Fsp3) is 0.312. The lowest BCUT2D eigenvalue weighted by atomic mass is 10.0. The summed E-state index contributed by atoms with van der Waals surface area (Å²) in [5, 5.41) is 5.68. The van der Waals surface area contributed by atoms with Crippen LogP contribution >= 0.6 is 22.9 Å². The van der Waals surface area contributed by atoms with Gasteiger partial charge < -0.3 is 10.1 Å². The number of halogens is 1. The lowest BCUT2D eigenvalue weighted by Gasteiger charge is -2.21. The Morgan fingerprint density at radius 2 is 2.00 bits per heavy atom. The minimum atomic E-state index is -0.128. The summed E-state index contributed by atoms with van der Waals surface area (Å²) in [5.41, 5.74) is 0. The van der Waals surface area contributed by atoms with Gasteiger partial charge in [0.25, 0.3) is 5.91 Å². The van der Waals surface area contributed by atoms with E-state index < -0.39 is 0 Å². The van der Waals surface area contributed by atoms with Gasteiger partial charge in [0.05, 0.1) is 6.04 Å². The fourth-order valence-corrected chi connectivity index (χ4v) is 3.00. The predicted molar refractivity (Wildman–Crippen MR) is 87.0 cm³/mol. The Kier molecular flexibility index (Phi) is 5.65. The van der Waals surface area contributed by atoms with E-state index in [-0.39, 0.29) is 18.6 Å². The molecular weight excluding hydrogens is 306 g/mol. The van der Waals surface area contributed by atoms with Crippen LogP contribution < -0.4 is 10.1 Å². The second-order valence-corrected chi connectivity index (χ2v) is 6.46. The van der Waals surface area contributed by atoms with E-state index in [9.17, 15) is 4.79 Å². The lowest BCUT2D eigenvalue weighted by molar-refractivity contribution is -0.124. The van der Waals surface area contributed by atoms with Crippen molar-refractivity contribution in [1.82, 2.24) is 5.32 Å². The van der Waals surface area contributed by atoms with Crippen LogP contribution in [0.2, 0.25) is 5.02 Å². The molecule has 1 aromatic heterocycles. The van der Waals surface area contributed by atoms with Crippen molar-refractivity contribution in [2.75, 3.05) is 6.61 Å². The zero-order chi connectivity index (χ0) is 15.2. The molecule has 0 fully saturated rings. The summed E-state index contributed by atoms with van der Waals surface area (Å²) in [7, 11) is 0. The van der Waals surface area contributed by atoms with Crippen molar-refractivity contribution in [3.05, 3.63) is 51.7 Å². The van der Waals surface area contributed by atoms with Gasteiger partial charge in [-0.15, -0.1) is 11.3 Å².